The van der Waals surface area contributed by atoms with Crippen molar-refractivity contribution < 1.29 is 22.0 Å². The molecular weight excluding hydrogens is 426 g/mol. The van der Waals surface area contributed by atoms with E-state index < -0.39 is 27.6 Å². The van der Waals surface area contributed by atoms with E-state index >= 15 is 0 Å². The van der Waals surface area contributed by atoms with Crippen LogP contribution in [0.15, 0.2) is 41.3 Å². The van der Waals surface area contributed by atoms with Crippen molar-refractivity contribution in [1.29, 1.82) is 0 Å². The molecule has 1 heterocycles. The number of rotatable bonds is 7. The van der Waals surface area contributed by atoms with Crippen LogP contribution in [0.2, 0.25) is 0 Å². The number of carbonyl (C=O) groups excluding carboxylic acids is 1. The molecule has 0 aliphatic carbocycles. The molecule has 0 unspecified atom stereocenters. The zero-order valence-electron chi connectivity index (χ0n) is 17.5. The lowest BCUT2D eigenvalue weighted by Crippen LogP contribution is -2.35. The Morgan fingerprint density at radius 3 is 2.29 bits per heavy atom. The third-order valence-electron chi connectivity index (χ3n) is 4.99. The first-order valence-electron chi connectivity index (χ1n) is 9.98. The zero-order valence-corrected chi connectivity index (χ0v) is 18.3. The molecule has 7 nitrogen and oxygen atoms in total. The summed E-state index contributed by atoms with van der Waals surface area (Å²) in [6.07, 6.45) is 2.69. The molecule has 0 radical (unpaired) electrons. The average molecular weight is 453 g/mol. The maximum absolute atomic E-state index is 13.3. The highest BCUT2D eigenvalue weighted by atomic mass is 32.2. The predicted molar refractivity (Wildman–Crippen MR) is 117 cm³/mol. The number of carbonyl (C=O) groups is 1. The van der Waals surface area contributed by atoms with E-state index in [4.69, 9.17) is 0 Å². The van der Waals surface area contributed by atoms with Gasteiger partial charge in [-0.05, 0) is 43.2 Å². The van der Waals surface area contributed by atoms with Crippen LogP contribution in [0.25, 0.3) is 0 Å². The van der Waals surface area contributed by atoms with Crippen LogP contribution >= 0.6 is 0 Å². The molecule has 0 bridgehead atoms. The summed E-state index contributed by atoms with van der Waals surface area (Å²) < 4.78 is 54.1. The number of hydrogen-bond donors (Lipinski definition) is 2. The highest BCUT2D eigenvalue weighted by Gasteiger charge is 2.26. The third-order valence-corrected chi connectivity index (χ3v) is 6.88. The Morgan fingerprint density at radius 1 is 1.03 bits per heavy atom. The van der Waals surface area contributed by atoms with Crippen molar-refractivity contribution in [3.8, 4) is 0 Å². The number of amides is 1. The molecule has 1 fully saturated rings. The Bertz CT molecular complexity index is 1030. The summed E-state index contributed by atoms with van der Waals surface area (Å²) in [5.41, 5.74) is 1.16. The smallest absolute Gasteiger partial charge is 0.243 e. The Morgan fingerprint density at radius 2 is 1.68 bits per heavy atom. The minimum Gasteiger partial charge on any atom is -0.376 e. The van der Waals surface area contributed by atoms with Crippen molar-refractivity contribution >= 4 is 33.0 Å². The van der Waals surface area contributed by atoms with Gasteiger partial charge < -0.3 is 15.5 Å². The first kappa shape index (κ1) is 23.0. The Labute approximate surface area is 181 Å². The first-order valence-corrected chi connectivity index (χ1v) is 11.4. The quantitative estimate of drug-likeness (QED) is 0.674. The van der Waals surface area contributed by atoms with Crippen LogP contribution in [0.1, 0.15) is 19.3 Å². The molecule has 2 aromatic rings. The van der Waals surface area contributed by atoms with E-state index in [-0.39, 0.29) is 17.1 Å². The summed E-state index contributed by atoms with van der Waals surface area (Å²) in [6.45, 7) is 0.770. The van der Waals surface area contributed by atoms with Gasteiger partial charge in [-0.25, -0.2) is 17.2 Å². The van der Waals surface area contributed by atoms with Gasteiger partial charge in [0.1, 0.15) is 11.6 Å². The van der Waals surface area contributed by atoms with E-state index in [9.17, 15) is 22.0 Å². The molecule has 0 aromatic heterocycles. The van der Waals surface area contributed by atoms with E-state index in [0.717, 1.165) is 31.4 Å². The van der Waals surface area contributed by atoms with Crippen molar-refractivity contribution in [2.75, 3.05) is 49.3 Å². The van der Waals surface area contributed by atoms with Crippen molar-refractivity contribution in [2.24, 2.45) is 0 Å². The molecule has 2 N–H and O–H groups in total. The molecule has 0 atom stereocenters. The Hall–Kier alpha value is -2.72. The zero-order chi connectivity index (χ0) is 22.6. The number of halogens is 2. The highest BCUT2D eigenvalue weighted by Crippen LogP contribution is 2.30. The van der Waals surface area contributed by atoms with E-state index in [1.165, 1.54) is 10.4 Å². The lowest BCUT2D eigenvalue weighted by Gasteiger charge is -2.27. The fourth-order valence-corrected chi connectivity index (χ4v) is 5.01. The van der Waals surface area contributed by atoms with Crippen LogP contribution in [0.5, 0.6) is 0 Å². The minimum absolute atomic E-state index is 0.00133. The standard InChI is InChI=1S/C21H26F2N4O3S/c1-26(2)20-7-6-18(31(29,30)27-8-4-3-5-9-27)13-19(20)24-14-21(28)25-17-11-15(22)10-16(23)12-17/h6-7,10-13,24H,3-5,8-9,14H2,1-2H3,(H,25,28). The van der Waals surface area contributed by atoms with Gasteiger partial charge in [0.2, 0.25) is 15.9 Å². The summed E-state index contributed by atoms with van der Waals surface area (Å²) in [5.74, 6) is -2.12. The maximum Gasteiger partial charge on any atom is 0.243 e. The topological polar surface area (TPSA) is 81.8 Å². The molecule has 1 amide bonds. The maximum atomic E-state index is 13.3. The summed E-state index contributed by atoms with van der Waals surface area (Å²) >= 11 is 0. The lowest BCUT2D eigenvalue weighted by molar-refractivity contribution is -0.114. The molecule has 0 saturated carbocycles. The number of piperidine rings is 1. The van der Waals surface area contributed by atoms with Crippen LogP contribution in [-0.2, 0) is 14.8 Å². The SMILES string of the molecule is CN(C)c1ccc(S(=O)(=O)N2CCCCC2)cc1NCC(=O)Nc1cc(F)cc(F)c1. The van der Waals surface area contributed by atoms with Crippen LogP contribution in [0.3, 0.4) is 0 Å². The van der Waals surface area contributed by atoms with Gasteiger partial charge in [-0.2, -0.15) is 4.31 Å². The first-order chi connectivity index (χ1) is 14.7. The van der Waals surface area contributed by atoms with E-state index in [2.05, 4.69) is 10.6 Å². The summed E-state index contributed by atoms with van der Waals surface area (Å²) in [6, 6.07) is 7.48. The second-order valence-corrected chi connectivity index (χ2v) is 9.54. The van der Waals surface area contributed by atoms with Gasteiger partial charge in [0.25, 0.3) is 0 Å². The molecular formula is C21H26F2N4O3S. The summed E-state index contributed by atoms with van der Waals surface area (Å²) in [4.78, 5) is 14.2. The Kier molecular flexibility index (Phi) is 7.11. The predicted octanol–water partition coefficient (Wildman–Crippen LogP) is 3.26. The van der Waals surface area contributed by atoms with Crippen LogP contribution < -0.4 is 15.5 Å². The van der Waals surface area contributed by atoms with Crippen molar-refractivity contribution in [2.45, 2.75) is 24.2 Å². The fourth-order valence-electron chi connectivity index (χ4n) is 3.47. The van der Waals surface area contributed by atoms with Gasteiger partial charge in [0.15, 0.2) is 0 Å². The third kappa shape index (κ3) is 5.71. The van der Waals surface area contributed by atoms with Crippen molar-refractivity contribution in [3.05, 3.63) is 48.0 Å². The van der Waals surface area contributed by atoms with Crippen LogP contribution in [0.4, 0.5) is 25.8 Å². The van der Waals surface area contributed by atoms with Crippen molar-refractivity contribution in [3.63, 3.8) is 0 Å². The van der Waals surface area contributed by atoms with Gasteiger partial charge in [0, 0.05) is 38.9 Å². The van der Waals surface area contributed by atoms with E-state index in [1.54, 1.807) is 31.1 Å². The second kappa shape index (κ2) is 9.61. The molecule has 0 spiro atoms. The number of nitrogens with zero attached hydrogens (tertiary/aromatic N) is 2. The number of hydrogen-bond acceptors (Lipinski definition) is 5. The molecule has 10 heteroatoms. The normalized spacial score (nSPS) is 14.8. The number of anilines is 3. The molecule has 1 saturated heterocycles. The fraction of sp³-hybridized carbons (Fsp3) is 0.381. The van der Waals surface area contributed by atoms with Crippen LogP contribution in [-0.4, -0.2) is 52.4 Å². The highest BCUT2D eigenvalue weighted by molar-refractivity contribution is 7.89. The summed E-state index contributed by atoms with van der Waals surface area (Å²) in [7, 11) is -0.0317. The van der Waals surface area contributed by atoms with Gasteiger partial charge in [0.05, 0.1) is 22.8 Å². The van der Waals surface area contributed by atoms with Gasteiger partial charge in [-0.3, -0.25) is 4.79 Å². The largest absolute Gasteiger partial charge is 0.376 e. The summed E-state index contributed by atoms with van der Waals surface area (Å²) in [5, 5.41) is 5.35. The van der Waals surface area contributed by atoms with Gasteiger partial charge >= 0.3 is 0 Å². The lowest BCUT2D eigenvalue weighted by atomic mass is 10.2. The Balaban J connectivity index is 1.77. The molecule has 2 aromatic carbocycles. The van der Waals surface area contributed by atoms with Gasteiger partial charge in [-0.1, -0.05) is 6.42 Å². The molecule has 31 heavy (non-hydrogen) atoms. The molecule has 168 valence electrons. The van der Waals surface area contributed by atoms with Gasteiger partial charge in [-0.15, -0.1) is 0 Å². The van der Waals surface area contributed by atoms with E-state index in [1.807, 2.05) is 0 Å². The number of benzene rings is 2. The average Bonchev–Trinajstić information content (AvgIpc) is 2.71. The molecule has 3 rings (SSSR count). The number of nitrogens with one attached hydrogen (secondary N) is 2. The van der Waals surface area contributed by atoms with E-state index in [0.29, 0.717) is 30.5 Å². The monoisotopic (exact) mass is 452 g/mol. The second-order valence-electron chi connectivity index (χ2n) is 7.60. The van der Waals surface area contributed by atoms with Crippen molar-refractivity contribution in [1.82, 2.24) is 4.31 Å². The number of sulfonamides is 1. The van der Waals surface area contributed by atoms with Crippen LogP contribution in [0, 0.1) is 11.6 Å². The molecule has 1 aliphatic rings. The molecule has 1 aliphatic heterocycles. The minimum atomic E-state index is -3.63.